The van der Waals surface area contributed by atoms with Gasteiger partial charge >= 0.3 is 0 Å². The van der Waals surface area contributed by atoms with Gasteiger partial charge in [0.1, 0.15) is 5.82 Å². The van der Waals surface area contributed by atoms with Crippen molar-refractivity contribution in [2.24, 2.45) is 0 Å². The van der Waals surface area contributed by atoms with Crippen LogP contribution in [0.2, 0.25) is 5.02 Å². The van der Waals surface area contributed by atoms with Crippen molar-refractivity contribution >= 4 is 33.3 Å². The van der Waals surface area contributed by atoms with Crippen LogP contribution in [0.25, 0.3) is 0 Å². The summed E-state index contributed by atoms with van der Waals surface area (Å²) < 4.78 is 2.88. The summed E-state index contributed by atoms with van der Waals surface area (Å²) >= 11 is 9.41. The number of hydrogen-bond donors (Lipinski definition) is 1. The summed E-state index contributed by atoms with van der Waals surface area (Å²) in [5, 5.41) is 3.87. The third-order valence-electron chi connectivity index (χ3n) is 2.23. The predicted molar refractivity (Wildman–Crippen MR) is 72.3 cm³/mol. The van der Waals surface area contributed by atoms with Gasteiger partial charge in [0.2, 0.25) is 0 Å². The molecule has 0 radical (unpaired) electrons. The fourth-order valence-corrected chi connectivity index (χ4v) is 2.19. The zero-order valence-electron chi connectivity index (χ0n) is 9.27. The van der Waals surface area contributed by atoms with Gasteiger partial charge in [0.15, 0.2) is 0 Å². The number of pyridine rings is 1. The van der Waals surface area contributed by atoms with E-state index in [9.17, 15) is 0 Å². The molecular weight excluding hydrogens is 304 g/mol. The van der Waals surface area contributed by atoms with Crippen LogP contribution in [0.4, 0.5) is 5.82 Å². The molecule has 4 nitrogen and oxygen atoms in total. The number of anilines is 1. The molecule has 0 amide bonds. The molecule has 1 N–H and O–H groups in total. The van der Waals surface area contributed by atoms with Gasteiger partial charge in [-0.15, -0.1) is 0 Å². The Morgan fingerprint density at radius 3 is 3.06 bits per heavy atom. The largest absolute Gasteiger partial charge is 0.365 e. The summed E-state index contributed by atoms with van der Waals surface area (Å²) in [6.45, 7) is 2.88. The Morgan fingerprint density at radius 1 is 1.59 bits per heavy atom. The zero-order chi connectivity index (χ0) is 12.3. The molecule has 1 unspecified atom stereocenters. The summed E-state index contributed by atoms with van der Waals surface area (Å²) in [6.07, 6.45) is 7.19. The number of rotatable bonds is 4. The Kier molecular flexibility index (Phi) is 4.02. The van der Waals surface area contributed by atoms with Gasteiger partial charge in [-0.2, -0.15) is 0 Å². The molecule has 0 aromatic carbocycles. The second-order valence-electron chi connectivity index (χ2n) is 3.79. The van der Waals surface area contributed by atoms with Crippen LogP contribution in [0.3, 0.4) is 0 Å². The SMILES string of the molecule is CC(Cn1ccnc1)Nc1ncc(Br)cc1Cl. The van der Waals surface area contributed by atoms with Crippen molar-refractivity contribution in [3.8, 4) is 0 Å². The summed E-state index contributed by atoms with van der Waals surface area (Å²) in [7, 11) is 0. The minimum Gasteiger partial charge on any atom is -0.365 e. The fraction of sp³-hybridized carbons (Fsp3) is 0.273. The van der Waals surface area contributed by atoms with Crippen molar-refractivity contribution in [3.05, 3.63) is 40.5 Å². The van der Waals surface area contributed by atoms with Crippen LogP contribution in [0.5, 0.6) is 0 Å². The molecule has 0 aliphatic heterocycles. The first-order valence-electron chi connectivity index (χ1n) is 5.18. The molecule has 0 aliphatic carbocycles. The molecule has 0 saturated carbocycles. The first-order valence-corrected chi connectivity index (χ1v) is 6.35. The summed E-state index contributed by atoms with van der Waals surface area (Å²) in [5.41, 5.74) is 0. The molecule has 1 atom stereocenters. The molecule has 2 heterocycles. The molecular formula is C11H12BrClN4. The topological polar surface area (TPSA) is 42.7 Å². The highest BCUT2D eigenvalue weighted by Gasteiger charge is 2.07. The second-order valence-corrected chi connectivity index (χ2v) is 5.11. The molecule has 2 aromatic heterocycles. The normalized spacial score (nSPS) is 12.4. The standard InChI is InChI=1S/C11H12BrClN4/c1-8(6-17-3-2-14-7-17)16-11-10(13)4-9(12)5-15-11/h2-5,7-8H,6H2,1H3,(H,15,16). The van der Waals surface area contributed by atoms with Crippen LogP contribution in [0, 0.1) is 0 Å². The van der Waals surface area contributed by atoms with Crippen LogP contribution in [0.15, 0.2) is 35.5 Å². The highest BCUT2D eigenvalue weighted by Crippen LogP contribution is 2.23. The van der Waals surface area contributed by atoms with Gasteiger partial charge in [-0.05, 0) is 28.9 Å². The van der Waals surface area contributed by atoms with Crippen molar-refractivity contribution in [1.29, 1.82) is 0 Å². The minimum atomic E-state index is 0.218. The average molecular weight is 316 g/mol. The molecule has 2 aromatic rings. The Labute approximate surface area is 113 Å². The number of aromatic nitrogens is 3. The van der Waals surface area contributed by atoms with Gasteiger partial charge in [-0.1, -0.05) is 11.6 Å². The van der Waals surface area contributed by atoms with Gasteiger partial charge in [0.25, 0.3) is 0 Å². The number of nitrogens with one attached hydrogen (secondary N) is 1. The van der Waals surface area contributed by atoms with Gasteiger partial charge in [-0.25, -0.2) is 9.97 Å². The molecule has 90 valence electrons. The lowest BCUT2D eigenvalue weighted by Crippen LogP contribution is -2.22. The third-order valence-corrected chi connectivity index (χ3v) is 2.96. The van der Waals surface area contributed by atoms with Gasteiger partial charge in [0.05, 0.1) is 11.3 Å². The first-order chi connectivity index (χ1) is 8.15. The summed E-state index contributed by atoms with van der Waals surface area (Å²) in [4.78, 5) is 8.23. The smallest absolute Gasteiger partial charge is 0.145 e. The number of nitrogens with zero attached hydrogens (tertiary/aromatic N) is 3. The van der Waals surface area contributed by atoms with Gasteiger partial charge in [0, 0.05) is 35.6 Å². The fourth-order valence-electron chi connectivity index (χ4n) is 1.51. The molecule has 17 heavy (non-hydrogen) atoms. The number of hydrogen-bond acceptors (Lipinski definition) is 3. The minimum absolute atomic E-state index is 0.218. The molecule has 0 spiro atoms. The average Bonchev–Trinajstić information content (AvgIpc) is 2.75. The predicted octanol–water partition coefficient (Wildman–Crippen LogP) is 3.19. The van der Waals surface area contributed by atoms with Gasteiger partial charge in [-0.3, -0.25) is 0 Å². The molecule has 0 bridgehead atoms. The van der Waals surface area contributed by atoms with E-state index in [-0.39, 0.29) is 6.04 Å². The van der Waals surface area contributed by atoms with Crippen LogP contribution < -0.4 is 5.32 Å². The molecule has 2 rings (SSSR count). The third kappa shape index (κ3) is 3.44. The van der Waals surface area contributed by atoms with Crippen LogP contribution >= 0.6 is 27.5 Å². The van der Waals surface area contributed by atoms with Crippen molar-refractivity contribution in [2.75, 3.05) is 5.32 Å². The number of imidazole rings is 1. The monoisotopic (exact) mass is 314 g/mol. The van der Waals surface area contributed by atoms with Crippen molar-refractivity contribution in [1.82, 2.24) is 14.5 Å². The quantitative estimate of drug-likeness (QED) is 0.942. The van der Waals surface area contributed by atoms with Crippen LogP contribution in [0.1, 0.15) is 6.92 Å². The summed E-state index contributed by atoms with van der Waals surface area (Å²) in [5.74, 6) is 0.697. The number of halogens is 2. The van der Waals surface area contributed by atoms with E-state index in [1.165, 1.54) is 0 Å². The molecule has 0 aliphatic rings. The maximum absolute atomic E-state index is 6.08. The van der Waals surface area contributed by atoms with Crippen molar-refractivity contribution in [2.45, 2.75) is 19.5 Å². The molecule has 6 heteroatoms. The first kappa shape index (κ1) is 12.4. The van der Waals surface area contributed by atoms with E-state index in [4.69, 9.17) is 11.6 Å². The van der Waals surface area contributed by atoms with E-state index in [0.717, 1.165) is 11.0 Å². The lowest BCUT2D eigenvalue weighted by atomic mass is 10.3. The molecule has 0 fully saturated rings. The van der Waals surface area contributed by atoms with Crippen LogP contribution in [-0.2, 0) is 6.54 Å². The molecule has 0 saturated heterocycles. The van der Waals surface area contributed by atoms with Crippen LogP contribution in [-0.4, -0.2) is 20.6 Å². The Bertz CT molecular complexity index is 486. The van der Waals surface area contributed by atoms with E-state index in [0.29, 0.717) is 10.8 Å². The summed E-state index contributed by atoms with van der Waals surface area (Å²) in [6, 6.07) is 2.04. The van der Waals surface area contributed by atoms with Crippen molar-refractivity contribution in [3.63, 3.8) is 0 Å². The highest BCUT2D eigenvalue weighted by atomic mass is 79.9. The van der Waals surface area contributed by atoms with E-state index < -0.39 is 0 Å². The van der Waals surface area contributed by atoms with E-state index >= 15 is 0 Å². The second kappa shape index (κ2) is 5.51. The maximum atomic E-state index is 6.08. The Morgan fingerprint density at radius 2 is 2.41 bits per heavy atom. The lowest BCUT2D eigenvalue weighted by Gasteiger charge is -2.15. The van der Waals surface area contributed by atoms with E-state index in [2.05, 4.69) is 38.1 Å². The zero-order valence-corrected chi connectivity index (χ0v) is 11.6. The Balaban J connectivity index is 2.00. The van der Waals surface area contributed by atoms with E-state index in [1.54, 1.807) is 18.7 Å². The Hall–Kier alpha value is -1.07. The lowest BCUT2D eigenvalue weighted by molar-refractivity contribution is 0.617. The highest BCUT2D eigenvalue weighted by molar-refractivity contribution is 9.10. The van der Waals surface area contributed by atoms with E-state index in [1.807, 2.05) is 16.8 Å². The van der Waals surface area contributed by atoms with Crippen molar-refractivity contribution < 1.29 is 0 Å². The maximum Gasteiger partial charge on any atom is 0.145 e. The van der Waals surface area contributed by atoms with Gasteiger partial charge < -0.3 is 9.88 Å².